The molecule has 0 unspecified atom stereocenters. The number of hydrogen-bond donors (Lipinski definition) is 1. The number of hydrogen-bond acceptors (Lipinski definition) is 2. The van der Waals surface area contributed by atoms with Gasteiger partial charge >= 0.3 is 0 Å². The van der Waals surface area contributed by atoms with E-state index in [1.54, 1.807) is 24.0 Å². The maximum atomic E-state index is 13.6. The Balaban J connectivity index is 1.70. The molecule has 1 heterocycles. The third-order valence-corrected chi connectivity index (χ3v) is 4.29. The highest BCUT2D eigenvalue weighted by molar-refractivity contribution is 6.03. The predicted molar refractivity (Wildman–Crippen MR) is 90.5 cm³/mol. The molecule has 1 atom stereocenters. The largest absolute Gasteiger partial charge is 0.340 e. The number of nitrogens with zero attached hydrogens (tertiary/aromatic N) is 1. The number of aryl methyl sites for hydroxylation is 2. The maximum absolute atomic E-state index is 13.6. The fraction of sp³-hybridized carbons (Fsp3) is 0.263. The molecule has 0 bridgehead atoms. The standard InChI is InChI=1S/C19H19FN2O2/c1-12-3-7-15(8-4-12)22-10-9-17(19(22)24)21-18(23)14-6-5-13(2)16(20)11-14/h3-8,11,17H,9-10H2,1-2H3,(H,21,23)/t17-/m1/s1. The van der Waals surface area contributed by atoms with Crippen LogP contribution in [0.5, 0.6) is 0 Å². The molecule has 1 fully saturated rings. The van der Waals surface area contributed by atoms with Crippen molar-refractivity contribution < 1.29 is 14.0 Å². The summed E-state index contributed by atoms with van der Waals surface area (Å²) in [6.07, 6.45) is 0.535. The van der Waals surface area contributed by atoms with Crippen LogP contribution in [-0.4, -0.2) is 24.4 Å². The van der Waals surface area contributed by atoms with Crippen LogP contribution >= 0.6 is 0 Å². The number of nitrogens with one attached hydrogen (secondary N) is 1. The molecule has 1 aliphatic rings. The van der Waals surface area contributed by atoms with Crippen molar-refractivity contribution in [2.24, 2.45) is 0 Å². The highest BCUT2D eigenvalue weighted by Crippen LogP contribution is 2.22. The quantitative estimate of drug-likeness (QED) is 0.943. The number of benzene rings is 2. The zero-order chi connectivity index (χ0) is 17.3. The SMILES string of the molecule is Cc1ccc(N2CC[C@@H](NC(=O)c3ccc(C)c(F)c3)C2=O)cc1. The van der Waals surface area contributed by atoms with E-state index in [1.807, 2.05) is 31.2 Å². The van der Waals surface area contributed by atoms with E-state index in [0.717, 1.165) is 11.3 Å². The lowest BCUT2D eigenvalue weighted by Crippen LogP contribution is -2.41. The molecule has 0 aromatic heterocycles. The third-order valence-electron chi connectivity index (χ3n) is 4.29. The molecular formula is C19H19FN2O2. The lowest BCUT2D eigenvalue weighted by Gasteiger charge is -2.17. The van der Waals surface area contributed by atoms with Gasteiger partial charge in [0, 0.05) is 17.8 Å². The van der Waals surface area contributed by atoms with Crippen molar-refractivity contribution in [1.29, 1.82) is 0 Å². The van der Waals surface area contributed by atoms with E-state index < -0.39 is 17.8 Å². The Hall–Kier alpha value is -2.69. The molecule has 1 N–H and O–H groups in total. The van der Waals surface area contributed by atoms with Gasteiger partial charge in [-0.05, 0) is 50.1 Å². The van der Waals surface area contributed by atoms with Crippen molar-refractivity contribution in [3.8, 4) is 0 Å². The summed E-state index contributed by atoms with van der Waals surface area (Å²) in [6.45, 7) is 4.17. The normalized spacial score (nSPS) is 17.2. The molecule has 0 spiro atoms. The van der Waals surface area contributed by atoms with E-state index in [4.69, 9.17) is 0 Å². The van der Waals surface area contributed by atoms with Crippen molar-refractivity contribution in [3.63, 3.8) is 0 Å². The highest BCUT2D eigenvalue weighted by Gasteiger charge is 2.33. The van der Waals surface area contributed by atoms with Gasteiger partial charge in [0.05, 0.1) is 0 Å². The van der Waals surface area contributed by atoms with Crippen molar-refractivity contribution >= 4 is 17.5 Å². The van der Waals surface area contributed by atoms with Crippen LogP contribution in [0.4, 0.5) is 10.1 Å². The average molecular weight is 326 g/mol. The van der Waals surface area contributed by atoms with Gasteiger partial charge in [0.25, 0.3) is 5.91 Å². The molecule has 1 saturated heterocycles. The number of rotatable bonds is 3. The first-order valence-corrected chi connectivity index (χ1v) is 7.91. The molecule has 0 aliphatic carbocycles. The Labute approximate surface area is 140 Å². The smallest absolute Gasteiger partial charge is 0.252 e. The van der Waals surface area contributed by atoms with Gasteiger partial charge in [-0.1, -0.05) is 23.8 Å². The minimum absolute atomic E-state index is 0.139. The fourth-order valence-corrected chi connectivity index (χ4v) is 2.77. The molecule has 0 radical (unpaired) electrons. The summed E-state index contributed by atoms with van der Waals surface area (Å²) in [5.41, 5.74) is 2.65. The van der Waals surface area contributed by atoms with Crippen molar-refractivity contribution in [2.45, 2.75) is 26.3 Å². The molecule has 4 nitrogen and oxygen atoms in total. The van der Waals surface area contributed by atoms with Gasteiger partial charge in [-0.15, -0.1) is 0 Å². The maximum Gasteiger partial charge on any atom is 0.252 e. The summed E-state index contributed by atoms with van der Waals surface area (Å²) in [7, 11) is 0. The Morgan fingerprint density at radius 3 is 2.54 bits per heavy atom. The van der Waals surface area contributed by atoms with Crippen LogP contribution in [0.3, 0.4) is 0 Å². The van der Waals surface area contributed by atoms with Gasteiger partial charge in [-0.3, -0.25) is 9.59 Å². The number of amides is 2. The summed E-state index contributed by atoms with van der Waals surface area (Å²) >= 11 is 0. The van der Waals surface area contributed by atoms with Gasteiger partial charge in [-0.2, -0.15) is 0 Å². The van der Waals surface area contributed by atoms with Crippen LogP contribution < -0.4 is 10.2 Å². The van der Waals surface area contributed by atoms with E-state index >= 15 is 0 Å². The molecule has 3 rings (SSSR count). The summed E-state index contributed by atoms with van der Waals surface area (Å²) in [5, 5.41) is 2.71. The molecule has 2 aromatic rings. The summed E-state index contributed by atoms with van der Waals surface area (Å²) in [6, 6.07) is 11.4. The van der Waals surface area contributed by atoms with Crippen LogP contribution in [0, 0.1) is 19.7 Å². The Morgan fingerprint density at radius 2 is 1.88 bits per heavy atom. The minimum atomic E-state index is -0.580. The van der Waals surface area contributed by atoms with Crippen LogP contribution in [0.25, 0.3) is 0 Å². The van der Waals surface area contributed by atoms with Gasteiger partial charge in [-0.25, -0.2) is 4.39 Å². The number of halogens is 1. The second-order valence-electron chi connectivity index (χ2n) is 6.10. The van der Waals surface area contributed by atoms with Crippen LogP contribution in [0.15, 0.2) is 42.5 Å². The van der Waals surface area contributed by atoms with Crippen molar-refractivity contribution in [1.82, 2.24) is 5.32 Å². The molecule has 1 aliphatic heterocycles. The molecule has 24 heavy (non-hydrogen) atoms. The molecule has 5 heteroatoms. The Morgan fingerprint density at radius 1 is 1.17 bits per heavy atom. The van der Waals surface area contributed by atoms with Crippen molar-refractivity contribution in [3.05, 3.63) is 65.0 Å². The minimum Gasteiger partial charge on any atom is -0.340 e. The zero-order valence-electron chi connectivity index (χ0n) is 13.7. The molecule has 2 aromatic carbocycles. The Kier molecular flexibility index (Phi) is 4.34. The van der Waals surface area contributed by atoms with Gasteiger partial charge in [0.2, 0.25) is 5.91 Å². The molecule has 0 saturated carbocycles. The van der Waals surface area contributed by atoms with E-state index in [2.05, 4.69) is 5.32 Å². The zero-order valence-corrected chi connectivity index (χ0v) is 13.7. The first kappa shape index (κ1) is 16.2. The van der Waals surface area contributed by atoms with Gasteiger partial charge in [0.15, 0.2) is 0 Å². The lowest BCUT2D eigenvalue weighted by atomic mass is 10.1. The molecule has 2 amide bonds. The first-order chi connectivity index (χ1) is 11.5. The summed E-state index contributed by atoms with van der Waals surface area (Å²) < 4.78 is 13.6. The van der Waals surface area contributed by atoms with Crippen LogP contribution in [-0.2, 0) is 4.79 Å². The first-order valence-electron chi connectivity index (χ1n) is 7.91. The molecule has 124 valence electrons. The van der Waals surface area contributed by atoms with E-state index in [9.17, 15) is 14.0 Å². The average Bonchev–Trinajstić information content (AvgIpc) is 2.92. The monoisotopic (exact) mass is 326 g/mol. The summed E-state index contributed by atoms with van der Waals surface area (Å²) in [4.78, 5) is 26.4. The van der Waals surface area contributed by atoms with Gasteiger partial charge in [0.1, 0.15) is 11.9 Å². The van der Waals surface area contributed by atoms with Gasteiger partial charge < -0.3 is 10.2 Å². The van der Waals surface area contributed by atoms with E-state index in [0.29, 0.717) is 18.5 Å². The summed E-state index contributed by atoms with van der Waals surface area (Å²) in [5.74, 6) is -1.00. The van der Waals surface area contributed by atoms with Crippen LogP contribution in [0.2, 0.25) is 0 Å². The second-order valence-corrected chi connectivity index (χ2v) is 6.10. The number of carbonyl (C=O) groups excluding carboxylic acids is 2. The predicted octanol–water partition coefficient (Wildman–Crippen LogP) is 2.98. The second kappa shape index (κ2) is 6.43. The fourth-order valence-electron chi connectivity index (χ4n) is 2.77. The van der Waals surface area contributed by atoms with E-state index in [-0.39, 0.29) is 11.5 Å². The topological polar surface area (TPSA) is 49.4 Å². The number of anilines is 1. The highest BCUT2D eigenvalue weighted by atomic mass is 19.1. The lowest BCUT2D eigenvalue weighted by molar-refractivity contribution is -0.118. The third kappa shape index (κ3) is 3.15. The number of carbonyl (C=O) groups is 2. The molecular weight excluding hydrogens is 307 g/mol. The van der Waals surface area contributed by atoms with Crippen molar-refractivity contribution in [2.75, 3.05) is 11.4 Å². The van der Waals surface area contributed by atoms with Crippen LogP contribution in [0.1, 0.15) is 27.9 Å². The van der Waals surface area contributed by atoms with E-state index in [1.165, 1.54) is 6.07 Å². The Bertz CT molecular complexity index is 786.